The molecule has 0 spiro atoms. The summed E-state index contributed by atoms with van der Waals surface area (Å²) in [5.41, 5.74) is 6.06. The van der Waals surface area contributed by atoms with Crippen molar-refractivity contribution in [3.05, 3.63) is 114 Å². The van der Waals surface area contributed by atoms with Crippen LogP contribution in [0.3, 0.4) is 0 Å². The summed E-state index contributed by atoms with van der Waals surface area (Å²) in [5.74, 6) is -1.47. The van der Waals surface area contributed by atoms with Gasteiger partial charge in [0.25, 0.3) is 0 Å². The number of hydrogen-bond acceptors (Lipinski definition) is 3. The molecule has 3 aromatic heterocycles. The molecule has 3 nitrogen and oxygen atoms in total. The number of halogens is 2. The van der Waals surface area contributed by atoms with E-state index in [2.05, 4.69) is 73.9 Å². The predicted molar refractivity (Wildman–Crippen MR) is 180 cm³/mol. The molecule has 45 heavy (non-hydrogen) atoms. The molecule has 0 fully saturated rings. The third-order valence-electron chi connectivity index (χ3n) is 7.45. The number of rotatable bonds is 6. The van der Waals surface area contributed by atoms with E-state index in [0.717, 1.165) is 29.3 Å². The van der Waals surface area contributed by atoms with Crippen molar-refractivity contribution in [2.45, 2.75) is 59.7 Å². The third-order valence-corrected chi connectivity index (χ3v) is 9.52. The number of pyridine rings is 2. The van der Waals surface area contributed by atoms with Crippen LogP contribution in [0.25, 0.3) is 44.5 Å². The summed E-state index contributed by atoms with van der Waals surface area (Å²) >= 11 is 0. The van der Waals surface area contributed by atoms with Gasteiger partial charge in [0.2, 0.25) is 0 Å². The van der Waals surface area contributed by atoms with Gasteiger partial charge in [0.15, 0.2) is 0 Å². The summed E-state index contributed by atoms with van der Waals surface area (Å²) in [6, 6.07) is 25.6. The molecule has 3 heterocycles. The molecule has 0 N–H and O–H groups in total. The Balaban J connectivity index is 0.000000210. The molecule has 3 aromatic carbocycles. The maximum atomic E-state index is 14.2. The van der Waals surface area contributed by atoms with Crippen LogP contribution in [0.4, 0.5) is 8.78 Å². The van der Waals surface area contributed by atoms with Crippen molar-refractivity contribution in [3.63, 3.8) is 0 Å². The smallest absolute Gasteiger partial charge is 0.136 e. The first-order chi connectivity index (χ1) is 21.2. The van der Waals surface area contributed by atoms with Gasteiger partial charge in [0.1, 0.15) is 17.2 Å². The van der Waals surface area contributed by atoms with Crippen LogP contribution in [0.2, 0.25) is 19.6 Å². The maximum absolute atomic E-state index is 14.2. The van der Waals surface area contributed by atoms with Crippen LogP contribution < -0.4 is 5.19 Å². The summed E-state index contributed by atoms with van der Waals surface area (Å²) in [6.45, 7) is 15.3. The van der Waals surface area contributed by atoms with E-state index in [0.29, 0.717) is 28.1 Å². The van der Waals surface area contributed by atoms with Crippen LogP contribution in [0.15, 0.2) is 83.5 Å². The van der Waals surface area contributed by atoms with Crippen molar-refractivity contribution in [1.82, 2.24) is 9.97 Å². The Morgan fingerprint density at radius 1 is 0.911 bits per heavy atom. The Bertz CT molecular complexity index is 1960. The van der Waals surface area contributed by atoms with Crippen LogP contribution in [0.1, 0.15) is 46.1 Å². The van der Waals surface area contributed by atoms with Gasteiger partial charge < -0.3 is 14.4 Å². The van der Waals surface area contributed by atoms with E-state index in [1.807, 2.05) is 18.2 Å². The minimum Gasteiger partial charge on any atom is -0.500 e. The molecule has 0 unspecified atom stereocenters. The summed E-state index contributed by atoms with van der Waals surface area (Å²) in [6.07, 6.45) is 4.86. The number of aromatic nitrogens is 2. The van der Waals surface area contributed by atoms with E-state index in [-0.39, 0.29) is 31.1 Å². The van der Waals surface area contributed by atoms with Crippen LogP contribution >= 0.6 is 0 Å². The molecule has 6 rings (SSSR count). The van der Waals surface area contributed by atoms with Crippen LogP contribution in [-0.2, 0) is 26.5 Å². The molecule has 0 atom stereocenters. The molecule has 7 heteroatoms. The zero-order chi connectivity index (χ0) is 32.5. The van der Waals surface area contributed by atoms with Gasteiger partial charge in [-0.25, -0.2) is 8.78 Å². The zero-order valence-corrected chi connectivity index (χ0v) is 30.1. The van der Waals surface area contributed by atoms with Crippen LogP contribution in [-0.4, -0.2) is 18.0 Å². The van der Waals surface area contributed by atoms with E-state index in [4.69, 9.17) is 5.79 Å². The standard InChI is InChI=1S/C20H14F2NO.C18H24NSi.Ir/c1-11(2)12-6-7-23-17(8-12)14-4-3-5-15-19-16(22)9-13(21)10-18(19)24-20(14)15;1-14(2)11-16-12-17(15-9-7-6-8-10-15)19-13-18(16)20(3,4)5;/h3,5-11H,1-2H3;6-9,12-14H,11H2,1-5H3;/q2*-1;/i11D;;. The minimum atomic E-state index is -1.34. The van der Waals surface area contributed by atoms with Crippen molar-refractivity contribution in [3.8, 4) is 22.5 Å². The SMILES string of the molecule is CC(C)Cc1cc(-c2[c-]cccc2)ncc1[Si](C)(C)C.[2H]C(C)(C)c1ccnc(-c2[c-]ccc3c2oc2cc(F)cc(F)c23)c1.[Ir]. The van der Waals surface area contributed by atoms with Crippen LogP contribution in [0.5, 0.6) is 0 Å². The van der Waals surface area contributed by atoms with Crippen molar-refractivity contribution >= 4 is 35.2 Å². The average molecular weight is 798 g/mol. The summed E-state index contributed by atoms with van der Waals surface area (Å²) in [4.78, 5) is 9.03. The second-order valence-corrected chi connectivity index (χ2v) is 17.8. The summed E-state index contributed by atoms with van der Waals surface area (Å²) < 4.78 is 41.6. The molecule has 6 aromatic rings. The molecule has 1 radical (unpaired) electrons. The van der Waals surface area contributed by atoms with Gasteiger partial charge in [0, 0.05) is 51.4 Å². The first kappa shape index (κ1) is 32.9. The fourth-order valence-electron chi connectivity index (χ4n) is 5.34. The quantitative estimate of drug-likeness (QED) is 0.125. The molecular weight excluding hydrogens is 759 g/mol. The van der Waals surface area contributed by atoms with Crippen molar-refractivity contribution in [2.24, 2.45) is 5.92 Å². The molecule has 0 aliphatic carbocycles. The minimum absolute atomic E-state index is 0. The van der Waals surface area contributed by atoms with E-state index < -0.39 is 25.6 Å². The van der Waals surface area contributed by atoms with Gasteiger partial charge in [0.05, 0.1) is 13.7 Å². The van der Waals surface area contributed by atoms with Gasteiger partial charge >= 0.3 is 0 Å². The number of furan rings is 1. The number of benzene rings is 3. The zero-order valence-electron chi connectivity index (χ0n) is 27.7. The van der Waals surface area contributed by atoms with E-state index in [1.54, 1.807) is 44.3 Å². The Morgan fingerprint density at radius 3 is 2.36 bits per heavy atom. The van der Waals surface area contributed by atoms with Crippen molar-refractivity contribution in [1.29, 1.82) is 0 Å². The molecular formula is C38H38F2IrN2OSi-2. The first-order valence-electron chi connectivity index (χ1n) is 15.4. The molecule has 0 saturated carbocycles. The average Bonchev–Trinajstić information content (AvgIpc) is 3.35. The monoisotopic (exact) mass is 798 g/mol. The van der Waals surface area contributed by atoms with Gasteiger partial charge in [-0.3, -0.25) is 0 Å². The Kier molecular flexibility index (Phi) is 10.4. The van der Waals surface area contributed by atoms with E-state index in [1.165, 1.54) is 16.8 Å². The fraction of sp³-hybridized carbons (Fsp3) is 0.263. The Morgan fingerprint density at radius 2 is 1.69 bits per heavy atom. The Labute approximate surface area is 280 Å². The normalized spacial score (nSPS) is 12.1. The van der Waals surface area contributed by atoms with Crippen LogP contribution in [0, 0.1) is 29.7 Å². The molecule has 0 aliphatic heterocycles. The van der Waals surface area contributed by atoms with Gasteiger partial charge in [-0.05, 0) is 40.9 Å². The number of fused-ring (bicyclic) bond motifs is 3. The molecule has 0 saturated heterocycles. The van der Waals surface area contributed by atoms with Gasteiger partial charge in [-0.2, -0.15) is 0 Å². The molecule has 0 aliphatic rings. The second-order valence-electron chi connectivity index (χ2n) is 12.7. The largest absolute Gasteiger partial charge is 0.500 e. The second kappa shape index (κ2) is 14.3. The summed E-state index contributed by atoms with van der Waals surface area (Å²) in [5, 5.41) is 2.27. The fourth-order valence-corrected chi connectivity index (χ4v) is 6.93. The number of hydrogen-bond donors (Lipinski definition) is 0. The maximum Gasteiger partial charge on any atom is 0.136 e. The first-order valence-corrected chi connectivity index (χ1v) is 18.4. The van der Waals surface area contributed by atoms with Gasteiger partial charge in [-0.1, -0.05) is 81.5 Å². The Hall–Kier alpha value is -3.51. The summed E-state index contributed by atoms with van der Waals surface area (Å²) in [7, 11) is -1.34. The number of nitrogens with zero attached hydrogens (tertiary/aromatic N) is 2. The predicted octanol–water partition coefficient (Wildman–Crippen LogP) is 10.1. The van der Waals surface area contributed by atoms with Gasteiger partial charge in [-0.15, -0.1) is 54.1 Å². The molecule has 235 valence electrons. The third kappa shape index (κ3) is 7.83. The molecule has 0 amide bonds. The van der Waals surface area contributed by atoms with Crippen molar-refractivity contribution < 1.29 is 34.7 Å². The van der Waals surface area contributed by atoms with E-state index >= 15 is 0 Å². The topological polar surface area (TPSA) is 38.9 Å². The van der Waals surface area contributed by atoms with E-state index in [9.17, 15) is 8.78 Å². The van der Waals surface area contributed by atoms with Crippen molar-refractivity contribution in [2.75, 3.05) is 0 Å². The molecule has 0 bridgehead atoms.